The maximum Gasteiger partial charge on any atom is 0.230 e. The van der Waals surface area contributed by atoms with Gasteiger partial charge in [-0.3, -0.25) is 4.79 Å². The van der Waals surface area contributed by atoms with Crippen molar-refractivity contribution in [2.24, 2.45) is 5.92 Å². The van der Waals surface area contributed by atoms with E-state index in [0.717, 1.165) is 50.5 Å². The largest absolute Gasteiger partial charge is 0.341 e. The molecule has 5 heteroatoms. The molecule has 2 aromatic rings. The quantitative estimate of drug-likeness (QED) is 0.854. The predicted molar refractivity (Wildman–Crippen MR) is 89.5 cm³/mol. The highest BCUT2D eigenvalue weighted by Gasteiger charge is 2.32. The van der Waals surface area contributed by atoms with Crippen molar-refractivity contribution in [1.82, 2.24) is 9.97 Å². The number of piperidine rings is 1. The van der Waals surface area contributed by atoms with Gasteiger partial charge in [0.1, 0.15) is 0 Å². The Morgan fingerprint density at radius 2 is 1.74 bits per heavy atom. The highest BCUT2D eigenvalue weighted by atomic mass is 16.2. The molecule has 2 aliphatic rings. The molecule has 1 aromatic heterocycles. The molecule has 23 heavy (non-hydrogen) atoms. The highest BCUT2D eigenvalue weighted by Crippen LogP contribution is 2.31. The normalized spacial score (nSPS) is 18.1. The van der Waals surface area contributed by atoms with E-state index in [0.29, 0.717) is 0 Å². The Morgan fingerprint density at radius 1 is 1.00 bits per heavy atom. The summed E-state index contributed by atoms with van der Waals surface area (Å²) in [6.45, 7) is 2.51. The van der Waals surface area contributed by atoms with Gasteiger partial charge >= 0.3 is 0 Å². The zero-order chi connectivity index (χ0) is 15.6. The molecular formula is C18H20N4O. The summed E-state index contributed by atoms with van der Waals surface area (Å²) in [6, 6.07) is 10.1. The molecule has 0 atom stereocenters. The van der Waals surface area contributed by atoms with Gasteiger partial charge < -0.3 is 9.80 Å². The monoisotopic (exact) mass is 308 g/mol. The minimum atomic E-state index is 0.112. The van der Waals surface area contributed by atoms with E-state index < -0.39 is 0 Å². The fourth-order valence-electron chi connectivity index (χ4n) is 3.57. The van der Waals surface area contributed by atoms with Gasteiger partial charge in [0, 0.05) is 43.6 Å². The van der Waals surface area contributed by atoms with E-state index in [4.69, 9.17) is 0 Å². The smallest absolute Gasteiger partial charge is 0.230 e. The highest BCUT2D eigenvalue weighted by molar-refractivity contribution is 5.97. The van der Waals surface area contributed by atoms with Gasteiger partial charge in [-0.1, -0.05) is 18.2 Å². The van der Waals surface area contributed by atoms with Crippen LogP contribution >= 0.6 is 0 Å². The van der Waals surface area contributed by atoms with Crippen molar-refractivity contribution in [2.75, 3.05) is 29.4 Å². The van der Waals surface area contributed by atoms with Crippen molar-refractivity contribution >= 4 is 17.5 Å². The van der Waals surface area contributed by atoms with Crippen LogP contribution in [0.4, 0.5) is 11.6 Å². The van der Waals surface area contributed by atoms with Crippen LogP contribution in [-0.2, 0) is 11.2 Å². The number of anilines is 2. The minimum Gasteiger partial charge on any atom is -0.341 e. The average molecular weight is 308 g/mol. The van der Waals surface area contributed by atoms with Crippen LogP contribution in [0.1, 0.15) is 18.4 Å². The standard InChI is InChI=1S/C18H20N4O/c23-17(22-13-8-14-4-1-2-5-16(14)22)15-6-11-21(12-7-15)18-19-9-3-10-20-18/h1-5,9-10,15H,6-8,11-13H2. The molecule has 1 amide bonds. The Balaban J connectivity index is 1.42. The van der Waals surface area contributed by atoms with Gasteiger partial charge in [0.15, 0.2) is 0 Å². The number of aromatic nitrogens is 2. The summed E-state index contributed by atoms with van der Waals surface area (Å²) >= 11 is 0. The molecule has 1 saturated heterocycles. The Labute approximate surface area is 136 Å². The van der Waals surface area contributed by atoms with E-state index >= 15 is 0 Å². The molecule has 0 saturated carbocycles. The maximum atomic E-state index is 12.9. The van der Waals surface area contributed by atoms with E-state index in [1.807, 2.05) is 23.1 Å². The maximum absolute atomic E-state index is 12.9. The van der Waals surface area contributed by atoms with Gasteiger partial charge in [-0.25, -0.2) is 9.97 Å². The van der Waals surface area contributed by atoms with E-state index in [9.17, 15) is 4.79 Å². The molecule has 5 nitrogen and oxygen atoms in total. The van der Waals surface area contributed by atoms with E-state index in [2.05, 4.69) is 27.0 Å². The zero-order valence-corrected chi connectivity index (χ0v) is 13.1. The molecule has 0 radical (unpaired) electrons. The summed E-state index contributed by atoms with van der Waals surface area (Å²) < 4.78 is 0. The molecule has 118 valence electrons. The van der Waals surface area contributed by atoms with Gasteiger partial charge in [-0.05, 0) is 37.0 Å². The van der Waals surface area contributed by atoms with Gasteiger partial charge in [-0.15, -0.1) is 0 Å². The molecule has 0 aliphatic carbocycles. The summed E-state index contributed by atoms with van der Waals surface area (Å²) in [5, 5.41) is 0. The Hall–Kier alpha value is -2.43. The topological polar surface area (TPSA) is 49.3 Å². The van der Waals surface area contributed by atoms with Crippen molar-refractivity contribution in [1.29, 1.82) is 0 Å². The van der Waals surface area contributed by atoms with Crippen LogP contribution in [0.25, 0.3) is 0 Å². The molecule has 0 unspecified atom stereocenters. The number of carbonyl (C=O) groups excluding carboxylic acids is 1. The lowest BCUT2D eigenvalue weighted by Gasteiger charge is -2.33. The number of nitrogens with zero attached hydrogens (tertiary/aromatic N) is 4. The summed E-state index contributed by atoms with van der Waals surface area (Å²) in [5.74, 6) is 1.16. The summed E-state index contributed by atoms with van der Waals surface area (Å²) in [7, 11) is 0. The lowest BCUT2D eigenvalue weighted by atomic mass is 9.95. The SMILES string of the molecule is O=C(C1CCN(c2ncccn2)CC1)N1CCc2ccccc21. The van der Waals surface area contributed by atoms with Crippen molar-refractivity contribution in [3.63, 3.8) is 0 Å². The number of amides is 1. The molecule has 2 aliphatic heterocycles. The second-order valence-electron chi connectivity index (χ2n) is 6.18. The lowest BCUT2D eigenvalue weighted by molar-refractivity contribution is -0.122. The Bertz CT molecular complexity index is 695. The van der Waals surface area contributed by atoms with E-state index in [1.54, 1.807) is 12.4 Å². The molecule has 3 heterocycles. The van der Waals surface area contributed by atoms with Crippen molar-refractivity contribution in [2.45, 2.75) is 19.3 Å². The number of benzene rings is 1. The molecule has 4 rings (SSSR count). The number of rotatable bonds is 2. The van der Waals surface area contributed by atoms with Gasteiger partial charge in [0.25, 0.3) is 0 Å². The van der Waals surface area contributed by atoms with Gasteiger partial charge in [-0.2, -0.15) is 0 Å². The number of hydrogen-bond donors (Lipinski definition) is 0. The van der Waals surface area contributed by atoms with Crippen LogP contribution in [0.2, 0.25) is 0 Å². The zero-order valence-electron chi connectivity index (χ0n) is 13.1. The number of para-hydroxylation sites is 1. The van der Waals surface area contributed by atoms with Crippen LogP contribution in [0.5, 0.6) is 0 Å². The summed E-state index contributed by atoms with van der Waals surface area (Å²) in [4.78, 5) is 25.6. The Kier molecular flexibility index (Phi) is 3.69. The Morgan fingerprint density at radius 3 is 2.52 bits per heavy atom. The van der Waals surface area contributed by atoms with Crippen LogP contribution < -0.4 is 9.80 Å². The van der Waals surface area contributed by atoms with Gasteiger partial charge in [0.05, 0.1) is 0 Å². The second-order valence-corrected chi connectivity index (χ2v) is 6.18. The number of fused-ring (bicyclic) bond motifs is 1. The van der Waals surface area contributed by atoms with Crippen molar-refractivity contribution in [3.05, 3.63) is 48.3 Å². The first kappa shape index (κ1) is 14.2. The van der Waals surface area contributed by atoms with Gasteiger partial charge in [0.2, 0.25) is 11.9 Å². The molecule has 0 spiro atoms. The van der Waals surface area contributed by atoms with Crippen molar-refractivity contribution in [3.8, 4) is 0 Å². The molecule has 1 aromatic carbocycles. The first-order valence-electron chi connectivity index (χ1n) is 8.24. The lowest BCUT2D eigenvalue weighted by Crippen LogP contribution is -2.42. The molecule has 0 N–H and O–H groups in total. The average Bonchev–Trinajstić information content (AvgIpc) is 3.06. The van der Waals surface area contributed by atoms with E-state index in [1.165, 1.54) is 5.56 Å². The second kappa shape index (κ2) is 5.99. The fraction of sp³-hybridized carbons (Fsp3) is 0.389. The van der Waals surface area contributed by atoms with Crippen LogP contribution in [0.15, 0.2) is 42.7 Å². The molecule has 0 bridgehead atoms. The number of hydrogen-bond acceptors (Lipinski definition) is 4. The number of carbonyl (C=O) groups is 1. The summed E-state index contributed by atoms with van der Waals surface area (Å²) in [5.41, 5.74) is 2.39. The molecule has 1 fully saturated rings. The van der Waals surface area contributed by atoms with Crippen LogP contribution in [0.3, 0.4) is 0 Å². The fourth-order valence-corrected chi connectivity index (χ4v) is 3.57. The third-order valence-corrected chi connectivity index (χ3v) is 4.83. The first-order valence-corrected chi connectivity index (χ1v) is 8.24. The summed E-state index contributed by atoms with van der Waals surface area (Å²) in [6.07, 6.45) is 6.24. The minimum absolute atomic E-state index is 0.112. The van der Waals surface area contributed by atoms with Crippen LogP contribution in [-0.4, -0.2) is 35.5 Å². The van der Waals surface area contributed by atoms with Crippen LogP contribution in [0, 0.1) is 5.92 Å². The van der Waals surface area contributed by atoms with Crippen molar-refractivity contribution < 1.29 is 4.79 Å². The molecular weight excluding hydrogens is 288 g/mol. The third kappa shape index (κ3) is 2.67. The van der Waals surface area contributed by atoms with E-state index in [-0.39, 0.29) is 11.8 Å². The predicted octanol–water partition coefficient (Wildman–Crippen LogP) is 2.28. The first-order chi connectivity index (χ1) is 11.3. The third-order valence-electron chi connectivity index (χ3n) is 4.83.